The molecule has 0 aliphatic carbocycles. The second-order valence-electron chi connectivity index (χ2n) is 6.08. The van der Waals surface area contributed by atoms with E-state index >= 15 is 0 Å². The fraction of sp³-hybridized carbons (Fsp3) is 0.368. The SMILES string of the molecule is CN=C(NCCc1ccc(Cl)nc1)NCCc1cc(F)cc2c1OCOC2.I. The molecule has 1 aromatic carbocycles. The number of pyridine rings is 1. The van der Waals surface area contributed by atoms with Crippen molar-refractivity contribution in [3.63, 3.8) is 0 Å². The maximum absolute atomic E-state index is 13.8. The maximum Gasteiger partial charge on any atom is 0.190 e. The van der Waals surface area contributed by atoms with Crippen LogP contribution in [0, 0.1) is 5.82 Å². The fourth-order valence-corrected chi connectivity index (χ4v) is 2.97. The molecule has 0 saturated carbocycles. The van der Waals surface area contributed by atoms with Crippen molar-refractivity contribution in [1.29, 1.82) is 0 Å². The van der Waals surface area contributed by atoms with Crippen molar-refractivity contribution in [2.24, 2.45) is 4.99 Å². The van der Waals surface area contributed by atoms with Gasteiger partial charge in [0.1, 0.15) is 16.7 Å². The van der Waals surface area contributed by atoms with E-state index in [1.54, 1.807) is 19.3 Å². The molecule has 0 unspecified atom stereocenters. The molecule has 152 valence electrons. The molecule has 1 aliphatic heterocycles. The number of ether oxygens (including phenoxy) is 2. The smallest absolute Gasteiger partial charge is 0.190 e. The molecule has 1 aliphatic rings. The van der Waals surface area contributed by atoms with E-state index in [2.05, 4.69) is 20.6 Å². The molecule has 28 heavy (non-hydrogen) atoms. The summed E-state index contributed by atoms with van der Waals surface area (Å²) in [5.74, 6) is 1.13. The lowest BCUT2D eigenvalue weighted by Gasteiger charge is -2.21. The number of rotatable bonds is 6. The first-order valence-electron chi connectivity index (χ1n) is 8.72. The van der Waals surface area contributed by atoms with Crippen LogP contribution in [0.25, 0.3) is 0 Å². The second-order valence-corrected chi connectivity index (χ2v) is 6.47. The lowest BCUT2D eigenvalue weighted by molar-refractivity contribution is -0.0172. The molecule has 1 aromatic heterocycles. The molecule has 0 saturated heterocycles. The Hall–Kier alpha value is -1.65. The van der Waals surface area contributed by atoms with E-state index in [1.165, 1.54) is 12.1 Å². The van der Waals surface area contributed by atoms with E-state index in [4.69, 9.17) is 21.1 Å². The number of hydrogen-bond acceptors (Lipinski definition) is 4. The van der Waals surface area contributed by atoms with Crippen LogP contribution in [-0.4, -0.2) is 37.9 Å². The minimum atomic E-state index is -0.281. The van der Waals surface area contributed by atoms with Gasteiger partial charge in [0.2, 0.25) is 0 Å². The molecule has 2 heterocycles. The topological polar surface area (TPSA) is 67.8 Å². The van der Waals surface area contributed by atoms with E-state index in [0.717, 1.165) is 28.9 Å². The Kier molecular flexibility index (Phi) is 9.20. The van der Waals surface area contributed by atoms with Gasteiger partial charge in [0.05, 0.1) is 6.61 Å². The molecular weight excluding hydrogens is 498 g/mol. The van der Waals surface area contributed by atoms with Crippen LogP contribution in [0.3, 0.4) is 0 Å². The molecule has 2 aromatic rings. The summed E-state index contributed by atoms with van der Waals surface area (Å²) in [5, 5.41) is 6.96. The van der Waals surface area contributed by atoms with Crippen molar-refractivity contribution in [1.82, 2.24) is 15.6 Å². The Morgan fingerprint density at radius 2 is 2.04 bits per heavy atom. The third-order valence-corrected chi connectivity index (χ3v) is 4.38. The number of halogens is 3. The highest BCUT2D eigenvalue weighted by Crippen LogP contribution is 2.29. The summed E-state index contributed by atoms with van der Waals surface area (Å²) < 4.78 is 24.5. The standard InChI is InChI=1S/C19H22ClFN4O2.HI/c1-22-19(23-6-4-13-2-3-17(20)25-10-13)24-7-5-14-8-16(21)9-15-11-26-12-27-18(14)15;/h2-3,8-10H,4-7,11-12H2,1H3,(H2,22,23,24);1H. The van der Waals surface area contributed by atoms with Crippen molar-refractivity contribution in [2.45, 2.75) is 19.4 Å². The predicted molar refractivity (Wildman–Crippen MR) is 118 cm³/mol. The van der Waals surface area contributed by atoms with Gasteiger partial charge in [-0.25, -0.2) is 9.37 Å². The van der Waals surface area contributed by atoms with Gasteiger partial charge in [0.15, 0.2) is 12.8 Å². The van der Waals surface area contributed by atoms with E-state index in [0.29, 0.717) is 37.2 Å². The van der Waals surface area contributed by atoms with Gasteiger partial charge in [0.25, 0.3) is 0 Å². The minimum Gasteiger partial charge on any atom is -0.467 e. The zero-order valence-electron chi connectivity index (χ0n) is 15.5. The number of nitrogens with zero attached hydrogens (tertiary/aromatic N) is 2. The van der Waals surface area contributed by atoms with Crippen molar-refractivity contribution in [3.05, 3.63) is 58.1 Å². The number of guanidine groups is 1. The number of aromatic nitrogens is 1. The zero-order valence-corrected chi connectivity index (χ0v) is 18.6. The molecular formula is C19H23ClFIN4O2. The molecule has 0 amide bonds. The summed E-state index contributed by atoms with van der Waals surface area (Å²) in [6, 6.07) is 6.69. The van der Waals surface area contributed by atoms with Crippen LogP contribution in [0.4, 0.5) is 4.39 Å². The van der Waals surface area contributed by atoms with Gasteiger partial charge >= 0.3 is 0 Å². The fourth-order valence-electron chi connectivity index (χ4n) is 2.86. The summed E-state index contributed by atoms with van der Waals surface area (Å²) in [4.78, 5) is 8.26. The Labute approximate surface area is 185 Å². The molecule has 0 bridgehead atoms. The van der Waals surface area contributed by atoms with E-state index < -0.39 is 0 Å². The number of aliphatic imine (C=N–C) groups is 1. The zero-order chi connectivity index (χ0) is 19.1. The summed E-state index contributed by atoms with van der Waals surface area (Å²) in [7, 11) is 1.71. The lowest BCUT2D eigenvalue weighted by atomic mass is 10.1. The van der Waals surface area contributed by atoms with Crippen molar-refractivity contribution in [3.8, 4) is 5.75 Å². The Balaban J connectivity index is 0.00000280. The largest absolute Gasteiger partial charge is 0.467 e. The van der Waals surface area contributed by atoms with Crippen molar-refractivity contribution >= 4 is 41.5 Å². The Bertz CT molecular complexity index is 805. The first kappa shape index (κ1) is 22.6. The molecule has 0 radical (unpaired) electrons. The molecule has 0 spiro atoms. The summed E-state index contributed by atoms with van der Waals surface area (Å²) in [6.07, 6.45) is 3.18. The van der Waals surface area contributed by atoms with Gasteiger partial charge in [-0.1, -0.05) is 17.7 Å². The summed E-state index contributed by atoms with van der Waals surface area (Å²) >= 11 is 5.79. The highest BCUT2D eigenvalue weighted by Gasteiger charge is 2.16. The minimum absolute atomic E-state index is 0. The first-order chi connectivity index (χ1) is 13.2. The predicted octanol–water partition coefficient (Wildman–Crippen LogP) is 3.31. The normalized spacial score (nSPS) is 13.2. The Morgan fingerprint density at radius 1 is 1.25 bits per heavy atom. The van der Waals surface area contributed by atoms with Crippen LogP contribution in [0.1, 0.15) is 16.7 Å². The van der Waals surface area contributed by atoms with Crippen LogP contribution in [-0.2, 0) is 24.2 Å². The third kappa shape index (κ3) is 6.46. The molecule has 9 heteroatoms. The first-order valence-corrected chi connectivity index (χ1v) is 9.10. The molecule has 0 fully saturated rings. The van der Waals surface area contributed by atoms with Crippen molar-refractivity contribution < 1.29 is 13.9 Å². The monoisotopic (exact) mass is 520 g/mol. The average molecular weight is 521 g/mol. The quantitative estimate of drug-likeness (QED) is 0.265. The Morgan fingerprint density at radius 3 is 2.75 bits per heavy atom. The maximum atomic E-state index is 13.8. The van der Waals surface area contributed by atoms with Gasteiger partial charge in [0, 0.05) is 31.9 Å². The molecule has 3 rings (SSSR count). The molecule has 6 nitrogen and oxygen atoms in total. The molecule has 2 N–H and O–H groups in total. The molecule has 0 atom stereocenters. The van der Waals surface area contributed by atoms with Crippen LogP contribution in [0.2, 0.25) is 5.15 Å². The number of nitrogens with one attached hydrogen (secondary N) is 2. The van der Waals surface area contributed by atoms with Gasteiger partial charge in [-0.05, 0) is 42.2 Å². The van der Waals surface area contributed by atoms with Gasteiger partial charge in [-0.15, -0.1) is 24.0 Å². The highest BCUT2D eigenvalue weighted by atomic mass is 127. The highest BCUT2D eigenvalue weighted by molar-refractivity contribution is 14.0. The van der Waals surface area contributed by atoms with Crippen LogP contribution >= 0.6 is 35.6 Å². The van der Waals surface area contributed by atoms with Crippen LogP contribution < -0.4 is 15.4 Å². The van der Waals surface area contributed by atoms with Crippen LogP contribution in [0.15, 0.2) is 35.5 Å². The van der Waals surface area contributed by atoms with Crippen molar-refractivity contribution in [2.75, 3.05) is 26.9 Å². The average Bonchev–Trinajstić information content (AvgIpc) is 2.68. The number of benzene rings is 1. The van der Waals surface area contributed by atoms with E-state index in [1.807, 2.05) is 6.07 Å². The summed E-state index contributed by atoms with van der Waals surface area (Å²) in [5.41, 5.74) is 2.66. The van der Waals surface area contributed by atoms with Gasteiger partial charge < -0.3 is 20.1 Å². The van der Waals surface area contributed by atoms with Gasteiger partial charge in [-0.2, -0.15) is 0 Å². The third-order valence-electron chi connectivity index (χ3n) is 4.16. The lowest BCUT2D eigenvalue weighted by Crippen LogP contribution is -2.39. The van der Waals surface area contributed by atoms with Gasteiger partial charge in [-0.3, -0.25) is 4.99 Å². The van der Waals surface area contributed by atoms with E-state index in [9.17, 15) is 4.39 Å². The number of fused-ring (bicyclic) bond motifs is 1. The second kappa shape index (κ2) is 11.4. The summed E-state index contributed by atoms with van der Waals surface area (Å²) in [6.45, 7) is 1.87. The van der Waals surface area contributed by atoms with E-state index in [-0.39, 0.29) is 36.6 Å². The number of hydrogen-bond donors (Lipinski definition) is 2. The van der Waals surface area contributed by atoms with Crippen LogP contribution in [0.5, 0.6) is 5.75 Å².